The number of hydrogen-bond acceptors (Lipinski definition) is 5. The number of aromatic carboxylic acids is 1. The van der Waals surface area contributed by atoms with Gasteiger partial charge in [-0.05, 0) is 59.8 Å². The molecule has 0 unspecified atom stereocenters. The number of carbonyl (C=O) groups excluding carboxylic acids is 1. The first-order valence-electron chi connectivity index (χ1n) is 7.83. The Morgan fingerprint density at radius 3 is 2.35 bits per heavy atom. The molecule has 2 aromatic rings. The molecule has 132 valence electrons. The number of aliphatic imine (C=N–C) groups is 1. The highest BCUT2D eigenvalue weighted by Crippen LogP contribution is 2.28. The molecule has 26 heavy (non-hydrogen) atoms. The minimum atomic E-state index is -0.988. The standard InChI is InChI=1S/C19H17N3O3S/c1-22(2)15-9-3-12(4-10-15)11-16-17(23)21-19(26-16)20-14-7-5-13(6-8-14)18(24)25/h3-11H,1-2H3,(H,24,25)(H,20,21,23)/b16-11-. The smallest absolute Gasteiger partial charge is 0.335 e. The molecule has 2 aromatic carbocycles. The number of thioether (sulfide) groups is 1. The fourth-order valence-corrected chi connectivity index (χ4v) is 3.14. The number of nitrogens with one attached hydrogen (secondary N) is 1. The van der Waals surface area contributed by atoms with Crippen LogP contribution in [0.2, 0.25) is 0 Å². The highest BCUT2D eigenvalue weighted by atomic mass is 32.2. The maximum absolute atomic E-state index is 12.1. The van der Waals surface area contributed by atoms with Crippen molar-refractivity contribution in [3.63, 3.8) is 0 Å². The van der Waals surface area contributed by atoms with Crippen molar-refractivity contribution >= 4 is 46.3 Å². The Kier molecular flexibility index (Phi) is 5.09. The van der Waals surface area contributed by atoms with Gasteiger partial charge in [-0.1, -0.05) is 12.1 Å². The highest BCUT2D eigenvalue weighted by Gasteiger charge is 2.23. The average Bonchev–Trinajstić information content (AvgIpc) is 2.95. The summed E-state index contributed by atoms with van der Waals surface area (Å²) in [6, 6.07) is 14.0. The molecule has 1 aliphatic heterocycles. The number of benzene rings is 2. The molecule has 7 heteroatoms. The van der Waals surface area contributed by atoms with Crippen molar-refractivity contribution in [1.82, 2.24) is 5.32 Å². The maximum atomic E-state index is 12.1. The van der Waals surface area contributed by atoms with E-state index in [4.69, 9.17) is 5.11 Å². The van der Waals surface area contributed by atoms with Crippen LogP contribution in [0.4, 0.5) is 11.4 Å². The summed E-state index contributed by atoms with van der Waals surface area (Å²) in [6.45, 7) is 0. The first kappa shape index (κ1) is 17.8. The summed E-state index contributed by atoms with van der Waals surface area (Å²) in [4.78, 5) is 29.9. The van der Waals surface area contributed by atoms with E-state index >= 15 is 0 Å². The summed E-state index contributed by atoms with van der Waals surface area (Å²) in [6.07, 6.45) is 1.81. The van der Waals surface area contributed by atoms with Crippen molar-refractivity contribution < 1.29 is 14.7 Å². The van der Waals surface area contributed by atoms with Gasteiger partial charge in [0.15, 0.2) is 5.17 Å². The Hall–Kier alpha value is -3.06. The predicted octanol–water partition coefficient (Wildman–Crippen LogP) is 3.34. The second-order valence-corrected chi connectivity index (χ2v) is 6.85. The third-order valence-electron chi connectivity index (χ3n) is 3.70. The summed E-state index contributed by atoms with van der Waals surface area (Å²) in [5.41, 5.74) is 2.79. The highest BCUT2D eigenvalue weighted by molar-refractivity contribution is 8.18. The van der Waals surface area contributed by atoms with Crippen molar-refractivity contribution in [3.05, 3.63) is 64.6 Å². The molecule has 0 aliphatic carbocycles. The fraction of sp³-hybridized carbons (Fsp3) is 0.105. The van der Waals surface area contributed by atoms with Crippen LogP contribution in [0.5, 0.6) is 0 Å². The first-order valence-corrected chi connectivity index (χ1v) is 8.64. The second-order valence-electron chi connectivity index (χ2n) is 5.82. The van der Waals surface area contributed by atoms with Gasteiger partial charge in [0.25, 0.3) is 5.91 Å². The van der Waals surface area contributed by atoms with Gasteiger partial charge in [0.05, 0.1) is 16.2 Å². The number of carboxylic acids is 1. The molecule has 6 nitrogen and oxygen atoms in total. The number of rotatable bonds is 4. The summed E-state index contributed by atoms with van der Waals surface area (Å²) in [5, 5.41) is 12.1. The van der Waals surface area contributed by atoms with Gasteiger partial charge in [0.2, 0.25) is 0 Å². The van der Waals surface area contributed by atoms with Crippen LogP contribution in [0, 0.1) is 0 Å². The number of hydrogen-bond donors (Lipinski definition) is 2. The largest absolute Gasteiger partial charge is 0.478 e. The van der Waals surface area contributed by atoms with Gasteiger partial charge < -0.3 is 15.3 Å². The topological polar surface area (TPSA) is 82.0 Å². The monoisotopic (exact) mass is 367 g/mol. The van der Waals surface area contributed by atoms with E-state index in [1.54, 1.807) is 12.1 Å². The van der Waals surface area contributed by atoms with Crippen LogP contribution < -0.4 is 10.2 Å². The van der Waals surface area contributed by atoms with Crippen LogP contribution in [0.15, 0.2) is 58.4 Å². The molecule has 1 heterocycles. The zero-order chi connectivity index (χ0) is 18.7. The molecule has 2 N–H and O–H groups in total. The lowest BCUT2D eigenvalue weighted by molar-refractivity contribution is -0.115. The van der Waals surface area contributed by atoms with E-state index in [1.807, 2.05) is 49.3 Å². The van der Waals surface area contributed by atoms with Gasteiger partial charge in [0, 0.05) is 19.8 Å². The van der Waals surface area contributed by atoms with E-state index in [2.05, 4.69) is 10.3 Å². The minimum Gasteiger partial charge on any atom is -0.478 e. The van der Waals surface area contributed by atoms with Gasteiger partial charge >= 0.3 is 5.97 Å². The third-order valence-corrected chi connectivity index (χ3v) is 4.61. The number of amides is 1. The zero-order valence-electron chi connectivity index (χ0n) is 14.3. The molecule has 1 aliphatic rings. The lowest BCUT2D eigenvalue weighted by atomic mass is 10.2. The number of carbonyl (C=O) groups is 2. The van der Waals surface area contributed by atoms with Crippen LogP contribution in [-0.2, 0) is 4.79 Å². The summed E-state index contributed by atoms with van der Waals surface area (Å²) in [7, 11) is 3.94. The number of anilines is 1. The fourth-order valence-electron chi connectivity index (χ4n) is 2.30. The molecule has 0 aromatic heterocycles. The molecule has 0 radical (unpaired) electrons. The first-order chi connectivity index (χ1) is 12.4. The van der Waals surface area contributed by atoms with Crippen LogP contribution in [0.25, 0.3) is 6.08 Å². The van der Waals surface area contributed by atoms with Crippen LogP contribution in [-0.4, -0.2) is 36.2 Å². The molecule has 1 fully saturated rings. The number of nitrogens with zero attached hydrogens (tertiary/aromatic N) is 2. The van der Waals surface area contributed by atoms with E-state index in [9.17, 15) is 9.59 Å². The third kappa shape index (κ3) is 4.12. The van der Waals surface area contributed by atoms with Crippen LogP contribution in [0.3, 0.4) is 0 Å². The Bertz CT molecular complexity index is 901. The number of amidine groups is 1. The van der Waals surface area contributed by atoms with E-state index in [0.717, 1.165) is 11.3 Å². The Balaban J connectivity index is 1.76. The van der Waals surface area contributed by atoms with Gasteiger partial charge in [-0.25, -0.2) is 9.79 Å². The molecular weight excluding hydrogens is 350 g/mol. The summed E-state index contributed by atoms with van der Waals surface area (Å²) >= 11 is 1.25. The minimum absolute atomic E-state index is 0.193. The maximum Gasteiger partial charge on any atom is 0.335 e. The molecule has 1 saturated heterocycles. The van der Waals surface area contributed by atoms with Gasteiger partial charge in [0.1, 0.15) is 0 Å². The zero-order valence-corrected chi connectivity index (χ0v) is 15.1. The second kappa shape index (κ2) is 7.45. The molecule has 1 amide bonds. The molecule has 3 rings (SSSR count). The Labute approximate surface area is 155 Å². The SMILES string of the molecule is CN(C)c1ccc(/C=C2\SC(=Nc3ccc(C(=O)O)cc3)NC2=O)cc1. The quantitative estimate of drug-likeness (QED) is 0.810. The van der Waals surface area contributed by atoms with Crippen LogP contribution in [0.1, 0.15) is 15.9 Å². The lowest BCUT2D eigenvalue weighted by Gasteiger charge is -2.11. The van der Waals surface area contributed by atoms with Crippen molar-refractivity contribution in [3.8, 4) is 0 Å². The van der Waals surface area contributed by atoms with Crippen molar-refractivity contribution in [2.45, 2.75) is 0 Å². The Morgan fingerprint density at radius 2 is 1.77 bits per heavy atom. The van der Waals surface area contributed by atoms with E-state index in [0.29, 0.717) is 15.8 Å². The summed E-state index contributed by atoms with van der Waals surface area (Å²) in [5.74, 6) is -1.19. The van der Waals surface area contributed by atoms with E-state index in [-0.39, 0.29) is 11.5 Å². The van der Waals surface area contributed by atoms with E-state index in [1.165, 1.54) is 23.9 Å². The predicted molar refractivity (Wildman–Crippen MR) is 105 cm³/mol. The van der Waals surface area contributed by atoms with Crippen molar-refractivity contribution in [1.29, 1.82) is 0 Å². The molecule has 0 saturated carbocycles. The molecule has 0 bridgehead atoms. The lowest BCUT2D eigenvalue weighted by Crippen LogP contribution is -2.19. The van der Waals surface area contributed by atoms with Crippen molar-refractivity contribution in [2.24, 2.45) is 4.99 Å². The van der Waals surface area contributed by atoms with Crippen LogP contribution >= 0.6 is 11.8 Å². The number of carboxylic acid groups (broad SMARTS) is 1. The van der Waals surface area contributed by atoms with Crippen molar-refractivity contribution in [2.75, 3.05) is 19.0 Å². The Morgan fingerprint density at radius 1 is 1.12 bits per heavy atom. The van der Waals surface area contributed by atoms with E-state index < -0.39 is 5.97 Å². The summed E-state index contributed by atoms with van der Waals surface area (Å²) < 4.78 is 0. The molecule has 0 spiro atoms. The van der Waals surface area contributed by atoms with Gasteiger partial charge in [-0.15, -0.1) is 0 Å². The molecule has 0 atom stereocenters. The average molecular weight is 367 g/mol. The molecular formula is C19H17N3O3S. The normalized spacial score (nSPS) is 16.8. The van der Waals surface area contributed by atoms with Gasteiger partial charge in [-0.2, -0.15) is 0 Å². The van der Waals surface area contributed by atoms with Gasteiger partial charge in [-0.3, -0.25) is 4.79 Å².